The van der Waals surface area contributed by atoms with Crippen molar-refractivity contribution in [2.75, 3.05) is 14.1 Å². The zero-order valence-corrected chi connectivity index (χ0v) is 10.8. The summed E-state index contributed by atoms with van der Waals surface area (Å²) in [5, 5.41) is 10.2. The first kappa shape index (κ1) is 14.9. The van der Waals surface area contributed by atoms with Crippen LogP contribution in [0.4, 0.5) is 13.2 Å². The van der Waals surface area contributed by atoms with Gasteiger partial charge in [-0.3, -0.25) is 4.98 Å². The van der Waals surface area contributed by atoms with Gasteiger partial charge in [-0.05, 0) is 34.0 Å². The smallest absolute Gasteiger partial charge is 0.386 e. The third-order valence-electron chi connectivity index (χ3n) is 3.27. The molecule has 1 rings (SSSR count). The molecule has 0 aromatic carbocycles. The molecular formula is C12H17F3N2O. The summed E-state index contributed by atoms with van der Waals surface area (Å²) in [7, 11) is 3.40. The van der Waals surface area contributed by atoms with Gasteiger partial charge in [-0.15, -0.1) is 0 Å². The molecule has 1 aromatic rings. The van der Waals surface area contributed by atoms with E-state index in [1.54, 1.807) is 32.8 Å². The Bertz CT molecular complexity index is 416. The highest BCUT2D eigenvalue weighted by molar-refractivity contribution is 5.30. The van der Waals surface area contributed by atoms with Crippen molar-refractivity contribution >= 4 is 0 Å². The molecule has 0 fully saturated rings. The molecule has 0 aliphatic rings. The van der Waals surface area contributed by atoms with Crippen molar-refractivity contribution in [1.29, 1.82) is 0 Å². The first-order chi connectivity index (χ1) is 8.08. The third-order valence-corrected chi connectivity index (χ3v) is 3.27. The van der Waals surface area contributed by atoms with Crippen LogP contribution < -0.4 is 0 Å². The molecule has 0 spiro atoms. The molecule has 3 nitrogen and oxygen atoms in total. The SMILES string of the molecule is CN(C)C(C)(C)C(O)c1cnccc1C(F)(F)F. The Morgan fingerprint density at radius 2 is 1.83 bits per heavy atom. The predicted octanol–water partition coefficient (Wildman–Crippen LogP) is 2.47. The lowest BCUT2D eigenvalue weighted by atomic mass is 9.88. The molecule has 1 aromatic heterocycles. The van der Waals surface area contributed by atoms with Crippen molar-refractivity contribution in [3.05, 3.63) is 29.6 Å². The van der Waals surface area contributed by atoms with Crippen LogP contribution in [-0.2, 0) is 6.18 Å². The second kappa shape index (κ2) is 4.85. The van der Waals surface area contributed by atoms with Crippen molar-refractivity contribution in [1.82, 2.24) is 9.88 Å². The lowest BCUT2D eigenvalue weighted by Gasteiger charge is -2.37. The number of aromatic nitrogens is 1. The molecule has 1 unspecified atom stereocenters. The van der Waals surface area contributed by atoms with E-state index in [2.05, 4.69) is 4.98 Å². The number of halogens is 3. The second-order valence-corrected chi connectivity index (χ2v) is 4.91. The monoisotopic (exact) mass is 262 g/mol. The number of aliphatic hydroxyl groups is 1. The number of aliphatic hydroxyl groups excluding tert-OH is 1. The standard InChI is InChI=1S/C12H17F3N2O/c1-11(2,17(3)4)10(18)8-7-16-6-5-9(8)12(13,14)15/h5-7,10,18H,1-4H3. The molecule has 102 valence electrons. The molecule has 1 N–H and O–H groups in total. The number of pyridine rings is 1. The minimum atomic E-state index is -4.50. The molecule has 0 aliphatic heterocycles. The van der Waals surface area contributed by atoms with Gasteiger partial charge in [0.1, 0.15) is 0 Å². The van der Waals surface area contributed by atoms with E-state index in [9.17, 15) is 18.3 Å². The van der Waals surface area contributed by atoms with E-state index in [1.807, 2.05) is 0 Å². The number of hydrogen-bond donors (Lipinski definition) is 1. The zero-order valence-electron chi connectivity index (χ0n) is 10.8. The van der Waals surface area contributed by atoms with Crippen LogP contribution in [0.15, 0.2) is 18.5 Å². The Kier molecular flexibility index (Phi) is 4.02. The summed E-state index contributed by atoms with van der Waals surface area (Å²) in [5.41, 5.74) is -1.88. The minimum Gasteiger partial charge on any atom is -0.386 e. The molecule has 6 heteroatoms. The van der Waals surface area contributed by atoms with Crippen LogP contribution in [0.2, 0.25) is 0 Å². The number of likely N-dealkylation sites (N-methyl/N-ethyl adjacent to an activating group) is 1. The van der Waals surface area contributed by atoms with Gasteiger partial charge in [0.2, 0.25) is 0 Å². The van der Waals surface area contributed by atoms with E-state index >= 15 is 0 Å². The summed E-state index contributed by atoms with van der Waals surface area (Å²) in [6, 6.07) is 0.879. The van der Waals surface area contributed by atoms with Crippen LogP contribution >= 0.6 is 0 Å². The Morgan fingerprint density at radius 1 is 1.28 bits per heavy atom. The van der Waals surface area contributed by atoms with Crippen LogP contribution in [0, 0.1) is 0 Å². The topological polar surface area (TPSA) is 36.4 Å². The minimum absolute atomic E-state index is 0.205. The molecule has 0 bridgehead atoms. The number of hydrogen-bond acceptors (Lipinski definition) is 3. The molecule has 0 saturated heterocycles. The Balaban J connectivity index is 3.26. The van der Waals surface area contributed by atoms with Crippen LogP contribution in [0.1, 0.15) is 31.1 Å². The van der Waals surface area contributed by atoms with Gasteiger partial charge in [0.25, 0.3) is 0 Å². The zero-order chi connectivity index (χ0) is 14.1. The van der Waals surface area contributed by atoms with Crippen molar-refractivity contribution in [3.8, 4) is 0 Å². The van der Waals surface area contributed by atoms with E-state index < -0.39 is 23.4 Å². The van der Waals surface area contributed by atoms with Crippen molar-refractivity contribution in [2.45, 2.75) is 31.7 Å². The van der Waals surface area contributed by atoms with Gasteiger partial charge in [-0.25, -0.2) is 0 Å². The molecular weight excluding hydrogens is 245 g/mol. The fraction of sp³-hybridized carbons (Fsp3) is 0.583. The van der Waals surface area contributed by atoms with Crippen molar-refractivity contribution in [3.63, 3.8) is 0 Å². The van der Waals surface area contributed by atoms with Crippen LogP contribution in [0.25, 0.3) is 0 Å². The van der Waals surface area contributed by atoms with Gasteiger partial charge in [-0.1, -0.05) is 0 Å². The summed E-state index contributed by atoms with van der Waals surface area (Å²) in [5.74, 6) is 0. The highest BCUT2D eigenvalue weighted by Gasteiger charge is 2.39. The van der Waals surface area contributed by atoms with E-state index in [0.29, 0.717) is 0 Å². The van der Waals surface area contributed by atoms with Gasteiger partial charge in [-0.2, -0.15) is 13.2 Å². The molecule has 1 atom stereocenters. The lowest BCUT2D eigenvalue weighted by Crippen LogP contribution is -2.44. The Labute approximate surface area is 104 Å². The molecule has 0 aliphatic carbocycles. The molecule has 18 heavy (non-hydrogen) atoms. The van der Waals surface area contributed by atoms with Gasteiger partial charge in [0.15, 0.2) is 0 Å². The fourth-order valence-electron chi connectivity index (χ4n) is 1.51. The largest absolute Gasteiger partial charge is 0.416 e. The number of alkyl halides is 3. The van der Waals surface area contributed by atoms with Crippen LogP contribution in [0.3, 0.4) is 0 Å². The normalized spacial score (nSPS) is 14.9. The molecule has 0 saturated carbocycles. The molecule has 1 heterocycles. The predicted molar refractivity (Wildman–Crippen MR) is 62.0 cm³/mol. The lowest BCUT2D eigenvalue weighted by molar-refractivity contribution is -0.140. The van der Waals surface area contributed by atoms with Crippen LogP contribution in [0.5, 0.6) is 0 Å². The first-order valence-electron chi connectivity index (χ1n) is 5.45. The molecule has 0 radical (unpaired) electrons. The van der Waals surface area contributed by atoms with Crippen molar-refractivity contribution < 1.29 is 18.3 Å². The summed E-state index contributed by atoms with van der Waals surface area (Å²) in [4.78, 5) is 5.35. The summed E-state index contributed by atoms with van der Waals surface area (Å²) in [6.07, 6.45) is -3.64. The van der Waals surface area contributed by atoms with Gasteiger partial charge >= 0.3 is 6.18 Å². The maximum absolute atomic E-state index is 12.8. The Morgan fingerprint density at radius 3 is 2.28 bits per heavy atom. The highest BCUT2D eigenvalue weighted by atomic mass is 19.4. The first-order valence-corrected chi connectivity index (χ1v) is 5.45. The van der Waals surface area contributed by atoms with E-state index in [-0.39, 0.29) is 5.56 Å². The Hall–Kier alpha value is -1.14. The van der Waals surface area contributed by atoms with E-state index in [0.717, 1.165) is 18.5 Å². The van der Waals surface area contributed by atoms with Gasteiger partial charge in [0.05, 0.1) is 11.7 Å². The maximum atomic E-state index is 12.8. The average Bonchev–Trinajstić information content (AvgIpc) is 2.26. The summed E-state index contributed by atoms with van der Waals surface area (Å²) >= 11 is 0. The van der Waals surface area contributed by atoms with Crippen LogP contribution in [-0.4, -0.2) is 34.6 Å². The second-order valence-electron chi connectivity index (χ2n) is 4.91. The fourth-order valence-corrected chi connectivity index (χ4v) is 1.51. The summed E-state index contributed by atoms with van der Waals surface area (Å²) in [6.45, 7) is 3.34. The molecule has 0 amide bonds. The van der Waals surface area contributed by atoms with Gasteiger partial charge in [0, 0.05) is 23.5 Å². The van der Waals surface area contributed by atoms with Crippen molar-refractivity contribution in [2.24, 2.45) is 0 Å². The quantitative estimate of drug-likeness (QED) is 0.909. The highest BCUT2D eigenvalue weighted by Crippen LogP contribution is 2.38. The average molecular weight is 262 g/mol. The van der Waals surface area contributed by atoms with E-state index in [1.165, 1.54) is 0 Å². The maximum Gasteiger partial charge on any atom is 0.416 e. The number of nitrogens with zero attached hydrogens (tertiary/aromatic N) is 2. The van der Waals surface area contributed by atoms with Gasteiger partial charge < -0.3 is 10.0 Å². The van der Waals surface area contributed by atoms with E-state index in [4.69, 9.17) is 0 Å². The number of rotatable bonds is 3. The third kappa shape index (κ3) is 2.81. The summed E-state index contributed by atoms with van der Waals surface area (Å²) < 4.78 is 38.5.